The Kier molecular flexibility index (Phi) is 13.0. The molecule has 2 fully saturated rings. The quantitative estimate of drug-likeness (QED) is 0.159. The van der Waals surface area contributed by atoms with Gasteiger partial charge in [0.25, 0.3) is 0 Å². The minimum Gasteiger partial charge on any atom is -0.453 e. The van der Waals surface area contributed by atoms with Crippen LogP contribution in [0, 0.1) is 11.8 Å². The number of H-pyrrole nitrogens is 2. The summed E-state index contributed by atoms with van der Waals surface area (Å²) in [5, 5.41) is 5.39. The molecule has 4 N–H and O–H groups in total. The number of aryl methyl sites for hydroxylation is 2. The van der Waals surface area contributed by atoms with Crippen LogP contribution in [0.5, 0.6) is 0 Å². The Hall–Kier alpha value is -4.88. The number of ether oxygens (including phenoxy) is 2. The highest BCUT2D eigenvalue weighted by Gasteiger charge is 2.39. The van der Waals surface area contributed by atoms with Gasteiger partial charge in [0.2, 0.25) is 11.8 Å². The monoisotopic (exact) mass is 718 g/mol. The number of imidazole rings is 2. The SMILES string of the molecule is COC(=O)N[C@H](C(=O)N1CCC[C@H]1c1ncc(CCCCc2ccc(-c3cnc([C@@H]4CCCN4C(=O)[C@@H](NC(=O)OC)C(C)C)[nH]3)cc2)[nH]1)C(C)C. The smallest absolute Gasteiger partial charge is 0.407 e. The van der Waals surface area contributed by atoms with Crippen molar-refractivity contribution >= 4 is 24.0 Å². The molecule has 14 nitrogen and oxygen atoms in total. The average Bonchev–Trinajstić information content (AvgIpc) is 3.97. The highest BCUT2D eigenvalue weighted by molar-refractivity contribution is 5.87. The van der Waals surface area contributed by atoms with Gasteiger partial charge in [-0.05, 0) is 74.3 Å². The fourth-order valence-corrected chi connectivity index (χ4v) is 7.21. The molecule has 3 aromatic rings. The Bertz CT molecular complexity index is 1670. The van der Waals surface area contributed by atoms with Crippen LogP contribution in [0.1, 0.15) is 101 Å². The van der Waals surface area contributed by atoms with Gasteiger partial charge in [-0.3, -0.25) is 9.59 Å². The Morgan fingerprint density at radius 1 is 0.750 bits per heavy atom. The van der Waals surface area contributed by atoms with Gasteiger partial charge in [-0.2, -0.15) is 0 Å². The second-order valence-electron chi connectivity index (χ2n) is 14.5. The molecule has 4 amide bonds. The molecule has 1 aromatic carbocycles. The molecule has 2 aliphatic heterocycles. The number of likely N-dealkylation sites (tertiary alicyclic amines) is 2. The minimum absolute atomic E-state index is 0.0796. The molecule has 4 atom stereocenters. The van der Waals surface area contributed by atoms with Crippen LogP contribution in [-0.4, -0.2) is 93.1 Å². The summed E-state index contributed by atoms with van der Waals surface area (Å²) in [5.41, 5.74) is 4.22. The number of aromatic amines is 2. The molecule has 0 aliphatic carbocycles. The van der Waals surface area contributed by atoms with Crippen LogP contribution in [-0.2, 0) is 31.9 Å². The third kappa shape index (κ3) is 9.12. The van der Waals surface area contributed by atoms with Crippen LogP contribution < -0.4 is 10.6 Å². The van der Waals surface area contributed by atoms with E-state index in [1.807, 2.05) is 49.9 Å². The van der Waals surface area contributed by atoms with Gasteiger partial charge < -0.3 is 39.9 Å². The van der Waals surface area contributed by atoms with E-state index < -0.39 is 24.3 Å². The lowest BCUT2D eigenvalue weighted by molar-refractivity contribution is -0.136. The Labute approximate surface area is 305 Å². The first-order chi connectivity index (χ1) is 25.0. The fraction of sp³-hybridized carbons (Fsp3) is 0.579. The van der Waals surface area contributed by atoms with E-state index in [-0.39, 0.29) is 35.7 Å². The highest BCUT2D eigenvalue weighted by atomic mass is 16.5. The highest BCUT2D eigenvalue weighted by Crippen LogP contribution is 2.34. The summed E-state index contributed by atoms with van der Waals surface area (Å²) in [6.45, 7) is 8.86. The molecule has 0 radical (unpaired) electrons. The second-order valence-corrected chi connectivity index (χ2v) is 14.5. The summed E-state index contributed by atoms with van der Waals surface area (Å²) >= 11 is 0. The number of alkyl carbamates (subject to hydrolysis) is 2. The summed E-state index contributed by atoms with van der Waals surface area (Å²) in [4.78, 5) is 70.5. The third-order valence-electron chi connectivity index (χ3n) is 10.2. The molecule has 0 bridgehead atoms. The standard InChI is InChI=1S/C38H54N8O6/c1-23(2)31(43-37(49)51-5)35(47)45-19-9-13-29(45)33-39-21-27(41-33)12-8-7-11-25-15-17-26(18-16-25)28-22-40-34(42-28)30-14-10-20-46(30)36(48)32(24(3)4)44-38(50)52-6/h15-18,21-24,29-32H,7-14,19-20H2,1-6H3,(H,39,41)(H,40,42)(H,43,49)(H,44,50)/t29-,30-,31-,32-/m0/s1. The lowest BCUT2D eigenvalue weighted by Gasteiger charge is -2.30. The number of carbonyl (C=O) groups is 4. The first-order valence-corrected chi connectivity index (χ1v) is 18.5. The first-order valence-electron chi connectivity index (χ1n) is 18.5. The summed E-state index contributed by atoms with van der Waals surface area (Å²) < 4.78 is 9.48. The van der Waals surface area contributed by atoms with Crippen molar-refractivity contribution in [2.24, 2.45) is 11.8 Å². The normalized spacial score (nSPS) is 18.5. The lowest BCUT2D eigenvalue weighted by Crippen LogP contribution is -2.51. The number of hydrogen-bond donors (Lipinski definition) is 4. The van der Waals surface area contributed by atoms with Crippen molar-refractivity contribution in [3.63, 3.8) is 0 Å². The van der Waals surface area contributed by atoms with Crippen LogP contribution in [0.15, 0.2) is 36.7 Å². The van der Waals surface area contributed by atoms with Gasteiger partial charge in [0, 0.05) is 25.0 Å². The van der Waals surface area contributed by atoms with E-state index in [4.69, 9.17) is 9.47 Å². The van der Waals surface area contributed by atoms with E-state index in [0.717, 1.165) is 80.0 Å². The number of benzene rings is 1. The second kappa shape index (κ2) is 17.6. The van der Waals surface area contributed by atoms with Gasteiger partial charge in [-0.25, -0.2) is 19.6 Å². The Morgan fingerprint density at radius 2 is 1.25 bits per heavy atom. The molecule has 2 aromatic heterocycles. The largest absolute Gasteiger partial charge is 0.453 e. The maximum atomic E-state index is 13.5. The van der Waals surface area contributed by atoms with Crippen molar-refractivity contribution in [2.75, 3.05) is 27.3 Å². The molecule has 0 spiro atoms. The zero-order valence-corrected chi connectivity index (χ0v) is 31.2. The van der Waals surface area contributed by atoms with Gasteiger partial charge in [-0.1, -0.05) is 52.0 Å². The van der Waals surface area contributed by atoms with Crippen molar-refractivity contribution in [1.82, 2.24) is 40.4 Å². The predicted molar refractivity (Wildman–Crippen MR) is 195 cm³/mol. The fourth-order valence-electron chi connectivity index (χ4n) is 7.21. The minimum atomic E-state index is -0.672. The van der Waals surface area contributed by atoms with Crippen LogP contribution >= 0.6 is 0 Å². The average molecular weight is 719 g/mol. The van der Waals surface area contributed by atoms with Crippen molar-refractivity contribution in [1.29, 1.82) is 0 Å². The topological polar surface area (TPSA) is 175 Å². The maximum absolute atomic E-state index is 13.5. The number of carbonyl (C=O) groups excluding carboxylic acids is 4. The number of nitrogens with zero attached hydrogens (tertiary/aromatic N) is 4. The predicted octanol–water partition coefficient (Wildman–Crippen LogP) is 5.45. The number of hydrogen-bond acceptors (Lipinski definition) is 8. The van der Waals surface area contributed by atoms with Crippen molar-refractivity contribution in [2.45, 2.75) is 103 Å². The van der Waals surface area contributed by atoms with Gasteiger partial charge in [0.1, 0.15) is 23.7 Å². The van der Waals surface area contributed by atoms with Gasteiger partial charge >= 0.3 is 12.2 Å². The van der Waals surface area contributed by atoms with E-state index in [0.29, 0.717) is 13.1 Å². The maximum Gasteiger partial charge on any atom is 0.407 e. The molecule has 2 saturated heterocycles. The molecule has 2 aliphatic rings. The molecule has 5 rings (SSSR count). The van der Waals surface area contributed by atoms with Gasteiger partial charge in [-0.15, -0.1) is 0 Å². The number of aromatic nitrogens is 4. The van der Waals surface area contributed by atoms with E-state index in [9.17, 15) is 19.2 Å². The molecule has 0 unspecified atom stereocenters. The van der Waals surface area contributed by atoms with E-state index in [1.54, 1.807) is 0 Å². The number of methoxy groups -OCH3 is 2. The molecule has 14 heteroatoms. The molecule has 0 saturated carbocycles. The van der Waals surface area contributed by atoms with Gasteiger partial charge in [0.05, 0.1) is 38.2 Å². The molecule has 4 heterocycles. The van der Waals surface area contributed by atoms with Crippen LogP contribution in [0.3, 0.4) is 0 Å². The number of rotatable bonds is 14. The zero-order chi connectivity index (χ0) is 37.4. The van der Waals surface area contributed by atoms with Crippen molar-refractivity contribution in [3.8, 4) is 11.3 Å². The number of unbranched alkanes of at least 4 members (excludes halogenated alkanes) is 1. The zero-order valence-electron chi connectivity index (χ0n) is 31.2. The third-order valence-corrected chi connectivity index (χ3v) is 10.2. The Morgan fingerprint density at radius 3 is 1.77 bits per heavy atom. The summed E-state index contributed by atoms with van der Waals surface area (Å²) in [7, 11) is 2.59. The summed E-state index contributed by atoms with van der Waals surface area (Å²) in [6, 6.07) is 6.83. The van der Waals surface area contributed by atoms with Crippen LogP contribution in [0.4, 0.5) is 9.59 Å². The molecular weight excluding hydrogens is 664 g/mol. The van der Waals surface area contributed by atoms with E-state index in [2.05, 4.69) is 54.8 Å². The molecule has 52 heavy (non-hydrogen) atoms. The first kappa shape index (κ1) is 38.4. The number of nitrogens with one attached hydrogen (secondary N) is 4. The van der Waals surface area contributed by atoms with Gasteiger partial charge in [0.15, 0.2) is 0 Å². The number of amides is 4. The van der Waals surface area contributed by atoms with E-state index >= 15 is 0 Å². The summed E-state index contributed by atoms with van der Waals surface area (Å²) in [6.07, 6.45) is 9.64. The van der Waals surface area contributed by atoms with Crippen LogP contribution in [0.2, 0.25) is 0 Å². The van der Waals surface area contributed by atoms with Crippen molar-refractivity contribution < 1.29 is 28.7 Å². The van der Waals surface area contributed by atoms with Crippen LogP contribution in [0.25, 0.3) is 11.3 Å². The summed E-state index contributed by atoms with van der Waals surface area (Å²) in [5.74, 6) is 1.13. The van der Waals surface area contributed by atoms with Crippen molar-refractivity contribution in [3.05, 3.63) is 59.6 Å². The molecule has 282 valence electrons. The lowest BCUT2D eigenvalue weighted by atomic mass is 10.0. The molecular formula is C38H54N8O6. The van der Waals surface area contributed by atoms with E-state index in [1.165, 1.54) is 19.8 Å². The Balaban J connectivity index is 1.11.